The van der Waals surface area contributed by atoms with E-state index in [0.29, 0.717) is 30.2 Å². The monoisotopic (exact) mass is 456 g/mol. The molecular formula is C22H28N6O3S. The number of hydrogen-bond acceptors (Lipinski definition) is 5. The molecule has 4 rings (SSSR count). The summed E-state index contributed by atoms with van der Waals surface area (Å²) in [6, 6.07) is 8.70. The summed E-state index contributed by atoms with van der Waals surface area (Å²) in [5.41, 5.74) is 1.49. The summed E-state index contributed by atoms with van der Waals surface area (Å²) in [6.45, 7) is 5.06. The molecule has 3 heterocycles. The summed E-state index contributed by atoms with van der Waals surface area (Å²) >= 11 is 0. The SMILES string of the molecule is CC(C)c1nc(-c2ccccc2NC(=O)c2cc(S(=O)(=O)N3CCCCC3)cn2C)n[nH]1. The number of hydrogen-bond donors (Lipinski definition) is 2. The standard InChI is InChI=1S/C22H28N6O3S/c1-15(2)20-24-21(26-25-20)17-9-5-6-10-18(17)23-22(29)19-13-16(14-27(19)3)32(30,31)28-11-7-4-8-12-28/h5-6,9-10,13-15H,4,7-8,11-12H2,1-3H3,(H,23,29)(H,24,25,26). The molecule has 1 aliphatic rings. The predicted molar refractivity (Wildman–Crippen MR) is 122 cm³/mol. The number of carbonyl (C=O) groups excluding carboxylic acids is 1. The van der Waals surface area contributed by atoms with Gasteiger partial charge in [-0.25, -0.2) is 13.4 Å². The topological polar surface area (TPSA) is 113 Å². The lowest BCUT2D eigenvalue weighted by molar-refractivity contribution is 0.101. The summed E-state index contributed by atoms with van der Waals surface area (Å²) in [4.78, 5) is 17.7. The molecule has 170 valence electrons. The molecule has 0 spiro atoms. The van der Waals surface area contributed by atoms with E-state index >= 15 is 0 Å². The van der Waals surface area contributed by atoms with Crippen molar-refractivity contribution < 1.29 is 13.2 Å². The van der Waals surface area contributed by atoms with Gasteiger partial charge >= 0.3 is 0 Å². The molecule has 32 heavy (non-hydrogen) atoms. The second kappa shape index (κ2) is 8.87. The van der Waals surface area contributed by atoms with Crippen LogP contribution in [0.5, 0.6) is 0 Å². The molecule has 1 aliphatic heterocycles. The third kappa shape index (κ3) is 4.33. The number of H-pyrrole nitrogens is 1. The van der Waals surface area contributed by atoms with E-state index < -0.39 is 15.9 Å². The molecule has 0 bridgehead atoms. The fourth-order valence-electron chi connectivity index (χ4n) is 3.78. The van der Waals surface area contributed by atoms with Gasteiger partial charge in [0, 0.05) is 37.8 Å². The number of aryl methyl sites for hydroxylation is 1. The highest BCUT2D eigenvalue weighted by atomic mass is 32.2. The maximum absolute atomic E-state index is 13.1. The average Bonchev–Trinajstić information content (AvgIpc) is 3.42. The Morgan fingerprint density at radius 1 is 1.16 bits per heavy atom. The molecule has 0 unspecified atom stereocenters. The number of rotatable bonds is 6. The third-order valence-corrected chi connectivity index (χ3v) is 7.50. The third-order valence-electron chi connectivity index (χ3n) is 5.63. The van der Waals surface area contributed by atoms with Crippen LogP contribution in [0, 0.1) is 0 Å². The number of nitrogens with one attached hydrogen (secondary N) is 2. The maximum atomic E-state index is 13.1. The van der Waals surface area contributed by atoms with E-state index in [2.05, 4.69) is 20.5 Å². The zero-order chi connectivity index (χ0) is 22.9. The first-order chi connectivity index (χ1) is 15.3. The van der Waals surface area contributed by atoms with Crippen molar-refractivity contribution in [1.82, 2.24) is 24.1 Å². The van der Waals surface area contributed by atoms with Crippen molar-refractivity contribution in [3.8, 4) is 11.4 Å². The Kier molecular flexibility index (Phi) is 6.16. The van der Waals surface area contributed by atoms with Gasteiger partial charge in [0.25, 0.3) is 5.91 Å². The summed E-state index contributed by atoms with van der Waals surface area (Å²) in [6.07, 6.45) is 4.25. The summed E-state index contributed by atoms with van der Waals surface area (Å²) < 4.78 is 29.0. The van der Waals surface area contributed by atoms with E-state index in [-0.39, 0.29) is 16.5 Å². The van der Waals surface area contributed by atoms with Crippen molar-refractivity contribution >= 4 is 21.6 Å². The Morgan fingerprint density at radius 3 is 2.56 bits per heavy atom. The largest absolute Gasteiger partial charge is 0.345 e. The zero-order valence-corrected chi connectivity index (χ0v) is 19.3. The second-order valence-corrected chi connectivity index (χ2v) is 10.3. The number of piperidine rings is 1. The number of aromatic nitrogens is 4. The molecule has 2 N–H and O–H groups in total. The van der Waals surface area contributed by atoms with E-state index in [1.165, 1.54) is 16.6 Å². The number of anilines is 1. The van der Waals surface area contributed by atoms with Crippen molar-refractivity contribution in [2.75, 3.05) is 18.4 Å². The van der Waals surface area contributed by atoms with Crippen LogP contribution in [-0.2, 0) is 17.1 Å². The van der Waals surface area contributed by atoms with E-state index in [0.717, 1.165) is 25.1 Å². The normalized spacial score (nSPS) is 15.2. The lowest BCUT2D eigenvalue weighted by Gasteiger charge is -2.25. The minimum absolute atomic E-state index is 0.135. The molecule has 1 aromatic carbocycles. The minimum Gasteiger partial charge on any atom is -0.345 e. The zero-order valence-electron chi connectivity index (χ0n) is 18.5. The number of aromatic amines is 1. The number of sulfonamides is 1. The molecule has 1 saturated heterocycles. The lowest BCUT2D eigenvalue weighted by Crippen LogP contribution is -2.35. The number of amides is 1. The van der Waals surface area contributed by atoms with Gasteiger partial charge in [-0.3, -0.25) is 9.89 Å². The average molecular weight is 457 g/mol. The number of carbonyl (C=O) groups is 1. The van der Waals surface area contributed by atoms with Gasteiger partial charge in [0.15, 0.2) is 5.82 Å². The first-order valence-corrected chi connectivity index (χ1v) is 12.2. The van der Waals surface area contributed by atoms with Gasteiger partial charge in [0.05, 0.1) is 5.69 Å². The first-order valence-electron chi connectivity index (χ1n) is 10.8. The molecule has 0 aliphatic carbocycles. The Bertz CT molecular complexity index is 1220. The number of benzene rings is 1. The lowest BCUT2D eigenvalue weighted by atomic mass is 10.1. The van der Waals surface area contributed by atoms with Crippen LogP contribution in [0.2, 0.25) is 0 Å². The second-order valence-electron chi connectivity index (χ2n) is 8.34. The highest BCUT2D eigenvalue weighted by molar-refractivity contribution is 7.89. The van der Waals surface area contributed by atoms with Crippen LogP contribution in [0.25, 0.3) is 11.4 Å². The Hall–Kier alpha value is -2.98. The number of nitrogens with zero attached hydrogens (tertiary/aromatic N) is 4. The van der Waals surface area contributed by atoms with Gasteiger partial charge in [-0.05, 0) is 31.0 Å². The molecule has 2 aromatic heterocycles. The quantitative estimate of drug-likeness (QED) is 0.591. The van der Waals surface area contributed by atoms with Gasteiger partial charge in [-0.1, -0.05) is 32.4 Å². The number of para-hydroxylation sites is 1. The predicted octanol–water partition coefficient (Wildman–Crippen LogP) is 3.36. The van der Waals surface area contributed by atoms with Crippen LogP contribution >= 0.6 is 0 Å². The Balaban J connectivity index is 1.59. The van der Waals surface area contributed by atoms with Crippen LogP contribution < -0.4 is 5.32 Å². The van der Waals surface area contributed by atoms with E-state index in [1.54, 1.807) is 17.7 Å². The molecule has 1 amide bonds. The Morgan fingerprint density at radius 2 is 1.88 bits per heavy atom. The van der Waals surface area contributed by atoms with Crippen molar-refractivity contribution in [3.05, 3.63) is 48.0 Å². The van der Waals surface area contributed by atoms with Crippen molar-refractivity contribution in [1.29, 1.82) is 0 Å². The van der Waals surface area contributed by atoms with Gasteiger partial charge in [0.2, 0.25) is 10.0 Å². The molecule has 9 nitrogen and oxygen atoms in total. The van der Waals surface area contributed by atoms with E-state index in [4.69, 9.17) is 0 Å². The molecular weight excluding hydrogens is 428 g/mol. The van der Waals surface area contributed by atoms with E-state index in [9.17, 15) is 13.2 Å². The first kappa shape index (κ1) is 22.2. The highest BCUT2D eigenvalue weighted by Gasteiger charge is 2.28. The molecule has 10 heteroatoms. The smallest absolute Gasteiger partial charge is 0.272 e. The van der Waals surface area contributed by atoms with Crippen LogP contribution in [0.3, 0.4) is 0 Å². The minimum atomic E-state index is -3.62. The fourth-order valence-corrected chi connectivity index (χ4v) is 5.37. The molecule has 0 radical (unpaired) electrons. The molecule has 3 aromatic rings. The van der Waals surface area contributed by atoms with Gasteiger partial charge < -0.3 is 9.88 Å². The van der Waals surface area contributed by atoms with Crippen LogP contribution in [0.4, 0.5) is 5.69 Å². The molecule has 0 saturated carbocycles. The van der Waals surface area contributed by atoms with Gasteiger partial charge in [0.1, 0.15) is 16.4 Å². The Labute approximate surface area is 187 Å². The van der Waals surface area contributed by atoms with Crippen molar-refractivity contribution in [2.24, 2.45) is 7.05 Å². The fraction of sp³-hybridized carbons (Fsp3) is 0.409. The van der Waals surface area contributed by atoms with Gasteiger partial charge in [-0.2, -0.15) is 9.40 Å². The van der Waals surface area contributed by atoms with Crippen molar-refractivity contribution in [2.45, 2.75) is 43.9 Å². The van der Waals surface area contributed by atoms with Crippen LogP contribution in [0.15, 0.2) is 41.4 Å². The molecule has 0 atom stereocenters. The van der Waals surface area contributed by atoms with Crippen LogP contribution in [0.1, 0.15) is 55.3 Å². The van der Waals surface area contributed by atoms with Crippen molar-refractivity contribution in [3.63, 3.8) is 0 Å². The summed E-state index contributed by atoms with van der Waals surface area (Å²) in [7, 11) is -1.95. The maximum Gasteiger partial charge on any atom is 0.272 e. The summed E-state index contributed by atoms with van der Waals surface area (Å²) in [5.74, 6) is 1.04. The van der Waals surface area contributed by atoms with Crippen LogP contribution in [-0.4, -0.2) is 51.5 Å². The molecule has 1 fully saturated rings. The van der Waals surface area contributed by atoms with E-state index in [1.807, 2.05) is 32.0 Å². The van der Waals surface area contributed by atoms with Gasteiger partial charge in [-0.15, -0.1) is 0 Å². The summed E-state index contributed by atoms with van der Waals surface area (Å²) in [5, 5.41) is 10.1. The highest BCUT2D eigenvalue weighted by Crippen LogP contribution is 2.27.